The van der Waals surface area contributed by atoms with Crippen molar-refractivity contribution in [2.45, 2.75) is 18.5 Å². The van der Waals surface area contributed by atoms with Crippen molar-refractivity contribution in [3.63, 3.8) is 0 Å². The second-order valence-corrected chi connectivity index (χ2v) is 6.33. The van der Waals surface area contributed by atoms with E-state index in [0.717, 1.165) is 17.7 Å². The number of hydrogen-bond acceptors (Lipinski definition) is 1. The fraction of sp³-hybridized carbons (Fsp3) is 0.231. The van der Waals surface area contributed by atoms with Gasteiger partial charge in [0.25, 0.3) is 0 Å². The fourth-order valence-electron chi connectivity index (χ4n) is 1.69. The molecule has 1 heterocycles. The highest BCUT2D eigenvalue weighted by molar-refractivity contribution is 7.16. The van der Waals surface area contributed by atoms with E-state index in [-0.39, 0.29) is 5.56 Å². The lowest BCUT2D eigenvalue weighted by atomic mass is 10.1. The minimum absolute atomic E-state index is 0.179. The van der Waals surface area contributed by atoms with Gasteiger partial charge in [-0.05, 0) is 36.2 Å². The van der Waals surface area contributed by atoms with Crippen LogP contribution in [0.2, 0.25) is 4.34 Å². The second-order valence-electron chi connectivity index (χ2n) is 4.21. The Bertz CT molecular complexity index is 614. The van der Waals surface area contributed by atoms with Gasteiger partial charge in [-0.1, -0.05) is 17.7 Å². The summed E-state index contributed by atoms with van der Waals surface area (Å²) in [5.41, 5.74) is -0.339. The highest BCUT2D eigenvalue weighted by Gasteiger charge is 2.34. The summed E-state index contributed by atoms with van der Waals surface area (Å²) in [4.78, 5) is 0.619. The van der Waals surface area contributed by atoms with Crippen molar-refractivity contribution in [1.82, 2.24) is 0 Å². The molecule has 0 fully saturated rings. The molecule has 2 rings (SSSR count). The van der Waals surface area contributed by atoms with Gasteiger partial charge in [0.05, 0.1) is 15.3 Å². The predicted octanol–water partition coefficient (Wildman–Crippen LogP) is 6.20. The van der Waals surface area contributed by atoms with E-state index in [1.807, 2.05) is 0 Å². The minimum atomic E-state index is -4.75. The molecule has 0 aliphatic heterocycles. The van der Waals surface area contributed by atoms with Crippen LogP contribution in [0.15, 0.2) is 24.3 Å². The third kappa shape index (κ3) is 3.10. The van der Waals surface area contributed by atoms with Crippen molar-refractivity contribution in [1.29, 1.82) is 0 Å². The lowest BCUT2D eigenvalue weighted by Gasteiger charge is -2.12. The van der Waals surface area contributed by atoms with E-state index in [1.165, 1.54) is 17.4 Å². The van der Waals surface area contributed by atoms with E-state index in [2.05, 4.69) is 0 Å². The van der Waals surface area contributed by atoms with Gasteiger partial charge in [-0.3, -0.25) is 0 Å². The number of benzene rings is 1. The Morgan fingerprint density at radius 2 is 1.85 bits per heavy atom. The van der Waals surface area contributed by atoms with Crippen LogP contribution in [0.1, 0.15) is 26.9 Å². The Kier molecular flexibility index (Phi) is 4.33. The largest absolute Gasteiger partial charge is 0.419 e. The van der Waals surface area contributed by atoms with E-state index in [9.17, 15) is 17.6 Å². The van der Waals surface area contributed by atoms with Crippen molar-refractivity contribution >= 4 is 34.5 Å². The van der Waals surface area contributed by atoms with Gasteiger partial charge < -0.3 is 0 Å². The van der Waals surface area contributed by atoms with Crippen LogP contribution in [-0.2, 0) is 6.18 Å². The van der Waals surface area contributed by atoms with Crippen molar-refractivity contribution in [2.24, 2.45) is 0 Å². The summed E-state index contributed by atoms with van der Waals surface area (Å²) in [6, 6.07) is 4.46. The number of rotatable bonds is 2. The molecule has 0 saturated heterocycles. The SMILES string of the molecule is Cc1cc(C(Cl)c2ccc(F)c(C(F)(F)F)c2)sc1Cl. The molecule has 0 spiro atoms. The molecular formula is C13H8Cl2F4S. The second kappa shape index (κ2) is 5.54. The summed E-state index contributed by atoms with van der Waals surface area (Å²) in [5.74, 6) is -1.31. The Morgan fingerprint density at radius 1 is 1.20 bits per heavy atom. The quantitative estimate of drug-likeness (QED) is 0.450. The van der Waals surface area contributed by atoms with E-state index in [0.29, 0.717) is 9.21 Å². The zero-order valence-corrected chi connectivity index (χ0v) is 12.4. The van der Waals surface area contributed by atoms with Crippen LogP contribution in [0.25, 0.3) is 0 Å². The van der Waals surface area contributed by atoms with Crippen LogP contribution in [0.4, 0.5) is 17.6 Å². The Hall–Kier alpha value is -0.780. The van der Waals surface area contributed by atoms with Crippen LogP contribution >= 0.6 is 34.5 Å². The van der Waals surface area contributed by atoms with Crippen LogP contribution in [0, 0.1) is 12.7 Å². The average Bonchev–Trinajstić information content (AvgIpc) is 2.68. The molecule has 7 heteroatoms. The molecule has 0 radical (unpaired) electrons. The lowest BCUT2D eigenvalue weighted by Crippen LogP contribution is -2.09. The van der Waals surface area contributed by atoms with Crippen LogP contribution in [0.5, 0.6) is 0 Å². The molecule has 1 atom stereocenters. The number of alkyl halides is 4. The number of thiophene rings is 1. The summed E-state index contributed by atoms with van der Waals surface area (Å²) in [6.07, 6.45) is -4.75. The maximum atomic E-state index is 13.2. The maximum Gasteiger partial charge on any atom is 0.419 e. The first-order valence-electron chi connectivity index (χ1n) is 5.46. The molecule has 0 N–H and O–H groups in total. The summed E-state index contributed by atoms with van der Waals surface area (Å²) >= 11 is 13.3. The van der Waals surface area contributed by atoms with Gasteiger partial charge in [-0.25, -0.2) is 4.39 Å². The fourth-order valence-corrected chi connectivity index (χ4v) is 3.25. The molecule has 1 aromatic carbocycles. The zero-order valence-electron chi connectivity index (χ0n) is 10.1. The van der Waals surface area contributed by atoms with Crippen LogP contribution in [-0.4, -0.2) is 0 Å². The summed E-state index contributed by atoms with van der Waals surface area (Å²) in [5, 5.41) is -0.798. The van der Waals surface area contributed by atoms with Crippen molar-refractivity contribution in [3.05, 3.63) is 56.0 Å². The molecule has 0 bridgehead atoms. The van der Waals surface area contributed by atoms with Gasteiger partial charge in [-0.2, -0.15) is 13.2 Å². The third-order valence-electron chi connectivity index (χ3n) is 2.71. The third-order valence-corrected chi connectivity index (χ3v) is 4.95. The average molecular weight is 343 g/mol. The molecule has 1 aromatic heterocycles. The number of hydrogen-bond donors (Lipinski definition) is 0. The first-order chi connectivity index (χ1) is 9.20. The Morgan fingerprint density at radius 3 is 2.35 bits per heavy atom. The van der Waals surface area contributed by atoms with E-state index in [4.69, 9.17) is 23.2 Å². The molecule has 1 unspecified atom stereocenters. The normalized spacial score (nSPS) is 13.6. The first-order valence-corrected chi connectivity index (χ1v) is 7.10. The highest BCUT2D eigenvalue weighted by Crippen LogP contribution is 2.40. The van der Waals surface area contributed by atoms with Crippen LogP contribution < -0.4 is 0 Å². The Balaban J connectivity index is 2.43. The molecule has 0 amide bonds. The lowest BCUT2D eigenvalue weighted by molar-refractivity contribution is -0.140. The molecule has 0 saturated carbocycles. The number of halogens is 6. The van der Waals surface area contributed by atoms with E-state index < -0.39 is 22.9 Å². The molecule has 2 aromatic rings. The highest BCUT2D eigenvalue weighted by atomic mass is 35.5. The van der Waals surface area contributed by atoms with Gasteiger partial charge in [0.15, 0.2) is 0 Å². The van der Waals surface area contributed by atoms with Gasteiger partial charge in [0, 0.05) is 4.88 Å². The topological polar surface area (TPSA) is 0 Å². The molecular weight excluding hydrogens is 335 g/mol. The van der Waals surface area contributed by atoms with E-state index in [1.54, 1.807) is 13.0 Å². The smallest absolute Gasteiger partial charge is 0.206 e. The molecule has 0 aliphatic rings. The maximum absolute atomic E-state index is 13.2. The minimum Gasteiger partial charge on any atom is -0.206 e. The monoisotopic (exact) mass is 342 g/mol. The number of aryl methyl sites for hydroxylation is 1. The van der Waals surface area contributed by atoms with Gasteiger partial charge in [-0.15, -0.1) is 22.9 Å². The summed E-state index contributed by atoms with van der Waals surface area (Å²) in [6.45, 7) is 1.78. The summed E-state index contributed by atoms with van der Waals surface area (Å²) < 4.78 is 51.7. The standard InChI is InChI=1S/C13H8Cl2F4S/c1-6-4-10(20-12(6)15)11(14)7-2-3-9(16)8(5-7)13(17,18)19/h2-5,11H,1H3. The van der Waals surface area contributed by atoms with Gasteiger partial charge >= 0.3 is 6.18 Å². The summed E-state index contributed by atoms with van der Waals surface area (Å²) in [7, 11) is 0. The van der Waals surface area contributed by atoms with E-state index >= 15 is 0 Å². The van der Waals surface area contributed by atoms with Gasteiger partial charge in [0.2, 0.25) is 0 Å². The molecule has 0 nitrogen and oxygen atoms in total. The first kappa shape index (κ1) is 15.6. The molecule has 108 valence electrons. The van der Waals surface area contributed by atoms with Crippen molar-refractivity contribution in [3.8, 4) is 0 Å². The predicted molar refractivity (Wildman–Crippen MR) is 73.2 cm³/mol. The zero-order chi connectivity index (χ0) is 15.1. The molecule has 20 heavy (non-hydrogen) atoms. The van der Waals surface area contributed by atoms with Crippen LogP contribution in [0.3, 0.4) is 0 Å². The van der Waals surface area contributed by atoms with Crippen molar-refractivity contribution < 1.29 is 17.6 Å². The van der Waals surface area contributed by atoms with Gasteiger partial charge in [0.1, 0.15) is 5.82 Å². The van der Waals surface area contributed by atoms with Crippen molar-refractivity contribution in [2.75, 3.05) is 0 Å². The Labute approximate surface area is 126 Å². The molecule has 0 aliphatic carbocycles.